The predicted octanol–water partition coefficient (Wildman–Crippen LogP) is 4.69. The highest BCUT2D eigenvalue weighted by Crippen LogP contribution is 2.29. The monoisotopic (exact) mass is 1150 g/mol. The first-order chi connectivity index (χ1) is 39.5. The van der Waals surface area contributed by atoms with Crippen LogP contribution in [0, 0.1) is 18.7 Å². The van der Waals surface area contributed by atoms with Gasteiger partial charge < -0.3 is 34.4 Å². The minimum atomic E-state index is -0.215. The Morgan fingerprint density at radius 2 is 1.48 bits per heavy atom. The number of amides is 4. The van der Waals surface area contributed by atoms with Crippen LogP contribution in [0.15, 0.2) is 84.0 Å². The average molecular weight is 1150 g/mol. The summed E-state index contributed by atoms with van der Waals surface area (Å²) in [7, 11) is 0. The fourth-order valence-electron chi connectivity index (χ4n) is 11.4. The van der Waals surface area contributed by atoms with E-state index in [0.29, 0.717) is 121 Å². The maximum atomic E-state index is 13.3. The van der Waals surface area contributed by atoms with Gasteiger partial charge in [0, 0.05) is 133 Å². The number of H-pyrrole nitrogens is 1. The molecular formula is C61H85FN12O7S. The number of hydrogen-bond acceptors (Lipinski definition) is 14. The van der Waals surface area contributed by atoms with E-state index in [1.54, 1.807) is 36.4 Å². The van der Waals surface area contributed by atoms with Gasteiger partial charge in [0.15, 0.2) is 0 Å². The SMILES string of the molecule is CC.Cc1cc(Cc2n[nH]c(=O)c3ccccc23)ccc1F.O=CN1CCN(C(=O)CN2CCC(CN3CCN(CCOCCOCCNC(=O)c4cccc(C5CCCN(C(=O)CN6Cc7cncnc7C6)C5)c4)CC3)CC2)CC1.S. The highest BCUT2D eigenvalue weighted by molar-refractivity contribution is 7.59. The van der Waals surface area contributed by atoms with E-state index in [2.05, 4.69) is 51.1 Å². The Morgan fingerprint density at radius 1 is 0.756 bits per heavy atom. The Morgan fingerprint density at radius 3 is 2.22 bits per heavy atom. The van der Waals surface area contributed by atoms with Crippen molar-refractivity contribution in [3.8, 4) is 0 Å². The van der Waals surface area contributed by atoms with Gasteiger partial charge in [0.25, 0.3) is 11.5 Å². The molecule has 2 N–H and O–H groups in total. The molecule has 5 aliphatic rings. The number of ether oxygens (including phenoxy) is 2. The fraction of sp³-hybridized carbons (Fsp3) is 0.541. The molecule has 5 aromatic rings. The van der Waals surface area contributed by atoms with Gasteiger partial charge in [-0.05, 0) is 92.6 Å². The fourth-order valence-corrected chi connectivity index (χ4v) is 11.4. The lowest BCUT2D eigenvalue weighted by molar-refractivity contribution is -0.136. The number of nitrogens with zero attached hydrogens (tertiary/aromatic N) is 10. The van der Waals surface area contributed by atoms with E-state index in [-0.39, 0.29) is 48.5 Å². The number of piperidine rings is 2. The first kappa shape index (κ1) is 63.4. The molecule has 1 unspecified atom stereocenters. The maximum absolute atomic E-state index is 13.3. The van der Waals surface area contributed by atoms with E-state index < -0.39 is 0 Å². The third-order valence-corrected chi connectivity index (χ3v) is 16.1. The molecule has 0 bridgehead atoms. The lowest BCUT2D eigenvalue weighted by Gasteiger charge is -2.39. The molecule has 2 aromatic heterocycles. The summed E-state index contributed by atoms with van der Waals surface area (Å²) in [5.74, 6) is 0.882. The topological polar surface area (TPSA) is 193 Å². The number of hydrogen-bond donors (Lipinski definition) is 2. The summed E-state index contributed by atoms with van der Waals surface area (Å²) in [4.78, 5) is 85.2. The van der Waals surface area contributed by atoms with Crippen molar-refractivity contribution in [1.82, 2.24) is 59.8 Å². The van der Waals surface area contributed by atoms with Gasteiger partial charge >= 0.3 is 0 Å². The van der Waals surface area contributed by atoms with Crippen LogP contribution in [0.2, 0.25) is 0 Å². The number of carbonyl (C=O) groups is 4. The minimum absolute atomic E-state index is 0. The maximum Gasteiger partial charge on any atom is 0.272 e. The number of aromatic amines is 1. The van der Waals surface area contributed by atoms with E-state index in [0.717, 1.165) is 124 Å². The first-order valence-electron chi connectivity index (χ1n) is 29.2. The van der Waals surface area contributed by atoms with Crippen LogP contribution in [0.4, 0.5) is 4.39 Å². The van der Waals surface area contributed by atoms with Crippen LogP contribution in [-0.2, 0) is 43.4 Å². The number of rotatable bonds is 20. The van der Waals surface area contributed by atoms with Crippen LogP contribution in [0.25, 0.3) is 10.8 Å². The number of nitrogens with one attached hydrogen (secondary N) is 2. The standard InChI is InChI=1S/C43H64N10O6.C16H13FN2O.C2H6.H2S/c54-34-50-16-18-52(19-17-50)41(55)31-48-10-6-35(7-11-48)27-49-14-12-47(13-15-49)20-22-59-24-23-58-21-8-45-43(57)37-4-1-3-36(25-37)38-5-2-9-53(29-38)42(56)32-51-28-39-26-44-33-46-40(39)30-51;1-10-8-11(6-7-14(10)17)9-15-12-4-2-3-5-13(12)16(20)19-18-15;1-2;/h1,3-4,25-26,33-35,38H,2,5-24,27-32H2,(H,45,57);2-8H,9H2,1H3,(H,19,20);1-2H3;1H2. The third-order valence-electron chi connectivity index (χ3n) is 16.1. The van der Waals surface area contributed by atoms with Crippen molar-refractivity contribution < 1.29 is 33.0 Å². The molecule has 7 heterocycles. The average Bonchev–Trinajstić information content (AvgIpc) is 4.00. The van der Waals surface area contributed by atoms with Gasteiger partial charge in [0.1, 0.15) is 12.1 Å². The smallest absolute Gasteiger partial charge is 0.272 e. The summed E-state index contributed by atoms with van der Waals surface area (Å²) in [5.41, 5.74) is 5.98. The molecule has 82 heavy (non-hydrogen) atoms. The normalized spacial score (nSPS) is 18.1. The van der Waals surface area contributed by atoms with Crippen molar-refractivity contribution in [3.05, 3.63) is 135 Å². The molecule has 0 saturated carbocycles. The highest BCUT2D eigenvalue weighted by atomic mass is 32.1. The van der Waals surface area contributed by atoms with Crippen LogP contribution in [0.3, 0.4) is 0 Å². The van der Waals surface area contributed by atoms with Crippen molar-refractivity contribution in [2.45, 2.75) is 71.9 Å². The Balaban J connectivity index is 0.000000351. The number of piperazine rings is 2. The summed E-state index contributed by atoms with van der Waals surface area (Å²) in [6.07, 6.45) is 9.04. The first-order valence-corrected chi connectivity index (χ1v) is 29.2. The number of aromatic nitrogens is 4. The second kappa shape index (κ2) is 32.6. The number of carbonyl (C=O) groups excluding carboxylic acids is 4. The zero-order valence-corrected chi connectivity index (χ0v) is 49.2. The van der Waals surface area contributed by atoms with Gasteiger partial charge in [0.05, 0.1) is 56.3 Å². The van der Waals surface area contributed by atoms with E-state index in [1.807, 2.05) is 66.2 Å². The molecule has 4 amide bonds. The lowest BCUT2D eigenvalue weighted by atomic mass is 9.89. The zero-order chi connectivity index (χ0) is 56.9. The predicted molar refractivity (Wildman–Crippen MR) is 319 cm³/mol. The minimum Gasteiger partial charge on any atom is -0.378 e. The molecule has 21 heteroatoms. The van der Waals surface area contributed by atoms with Gasteiger partial charge in [-0.1, -0.05) is 56.3 Å². The second-order valence-electron chi connectivity index (χ2n) is 21.6. The summed E-state index contributed by atoms with van der Waals surface area (Å²) in [6, 6.07) is 20.2. The number of likely N-dealkylation sites (tertiary alicyclic amines) is 2. The highest BCUT2D eigenvalue weighted by Gasteiger charge is 2.30. The molecule has 0 aliphatic carbocycles. The zero-order valence-electron chi connectivity index (χ0n) is 48.2. The van der Waals surface area contributed by atoms with Crippen molar-refractivity contribution >= 4 is 48.4 Å². The Hall–Kier alpha value is -6.20. The van der Waals surface area contributed by atoms with Gasteiger partial charge in [-0.3, -0.25) is 38.7 Å². The summed E-state index contributed by atoms with van der Waals surface area (Å²) < 4.78 is 24.9. The molecule has 0 radical (unpaired) electrons. The molecule has 4 fully saturated rings. The van der Waals surface area contributed by atoms with Gasteiger partial charge in [-0.2, -0.15) is 18.6 Å². The third kappa shape index (κ3) is 18.4. The largest absolute Gasteiger partial charge is 0.378 e. The Bertz CT molecular complexity index is 2870. The quantitative estimate of drug-likeness (QED) is 0.0806. The number of benzene rings is 3. The van der Waals surface area contributed by atoms with E-state index in [4.69, 9.17) is 9.47 Å². The Kier molecular flexibility index (Phi) is 25.2. The molecule has 19 nitrogen and oxygen atoms in total. The molecule has 4 saturated heterocycles. The van der Waals surface area contributed by atoms with Gasteiger partial charge in [0.2, 0.25) is 18.2 Å². The van der Waals surface area contributed by atoms with E-state index in [1.165, 1.54) is 6.07 Å². The van der Waals surface area contributed by atoms with E-state index >= 15 is 0 Å². The van der Waals surface area contributed by atoms with Gasteiger partial charge in [-0.15, -0.1) is 0 Å². The number of halogens is 1. The number of aryl methyl sites for hydroxylation is 1. The summed E-state index contributed by atoms with van der Waals surface area (Å²) >= 11 is 0. The van der Waals surface area contributed by atoms with Gasteiger partial charge in [-0.25, -0.2) is 19.5 Å². The summed E-state index contributed by atoms with van der Waals surface area (Å²) in [5, 5.41) is 11.1. The second-order valence-corrected chi connectivity index (χ2v) is 21.6. The Labute approximate surface area is 489 Å². The molecule has 0 spiro atoms. The molecule has 10 rings (SSSR count). The van der Waals surface area contributed by atoms with Crippen molar-refractivity contribution in [2.24, 2.45) is 5.92 Å². The van der Waals surface area contributed by atoms with Crippen molar-refractivity contribution in [3.63, 3.8) is 0 Å². The van der Waals surface area contributed by atoms with Crippen molar-refractivity contribution in [2.75, 3.05) is 138 Å². The molecule has 444 valence electrons. The molecule has 1 atom stereocenters. The summed E-state index contributed by atoms with van der Waals surface area (Å²) in [6.45, 7) is 22.8. The van der Waals surface area contributed by atoms with Crippen LogP contribution in [0.1, 0.15) is 89.4 Å². The van der Waals surface area contributed by atoms with Crippen LogP contribution in [-0.4, -0.2) is 216 Å². The lowest BCUT2D eigenvalue weighted by Crippen LogP contribution is -2.52. The van der Waals surface area contributed by atoms with Crippen LogP contribution < -0.4 is 10.9 Å². The van der Waals surface area contributed by atoms with Crippen molar-refractivity contribution in [1.29, 1.82) is 0 Å². The molecule has 5 aliphatic heterocycles. The van der Waals surface area contributed by atoms with Crippen LogP contribution >= 0.6 is 13.5 Å². The van der Waals surface area contributed by atoms with Crippen LogP contribution in [0.5, 0.6) is 0 Å². The number of fused-ring (bicyclic) bond motifs is 2. The van der Waals surface area contributed by atoms with E-state index in [9.17, 15) is 28.4 Å². The molecule has 3 aromatic carbocycles. The molecular weight excluding hydrogens is 1060 g/mol.